The number of amides is 1. The van der Waals surface area contributed by atoms with Crippen molar-refractivity contribution in [2.45, 2.75) is 19.3 Å². The number of carbonyl (C=O) groups is 1. The monoisotopic (exact) mass is 313 g/mol. The number of methoxy groups -OCH3 is 1. The van der Waals surface area contributed by atoms with Crippen LogP contribution in [0.15, 0.2) is 54.6 Å². The maximum absolute atomic E-state index is 12.0. The van der Waals surface area contributed by atoms with Crippen LogP contribution in [0.25, 0.3) is 0 Å². The lowest BCUT2D eigenvalue weighted by molar-refractivity contribution is -0.123. The minimum Gasteiger partial charge on any atom is -0.493 e. The third-order valence-electron chi connectivity index (χ3n) is 3.74. The predicted molar refractivity (Wildman–Crippen MR) is 91.0 cm³/mol. The molecule has 1 atom stereocenters. The van der Waals surface area contributed by atoms with Gasteiger partial charge in [-0.25, -0.2) is 0 Å². The van der Waals surface area contributed by atoms with Crippen LogP contribution in [0.3, 0.4) is 0 Å². The minimum atomic E-state index is -0.134. The van der Waals surface area contributed by atoms with E-state index >= 15 is 0 Å². The normalized spacial score (nSPS) is 11.6. The number of nitrogens with one attached hydrogen (secondary N) is 1. The van der Waals surface area contributed by atoms with Gasteiger partial charge in [0.05, 0.1) is 7.11 Å². The second-order valence-corrected chi connectivity index (χ2v) is 5.26. The van der Waals surface area contributed by atoms with E-state index in [0.717, 1.165) is 6.42 Å². The van der Waals surface area contributed by atoms with Gasteiger partial charge in [0.2, 0.25) is 0 Å². The van der Waals surface area contributed by atoms with Gasteiger partial charge >= 0.3 is 0 Å². The number of hydrogen-bond donors (Lipinski definition) is 1. The zero-order valence-electron chi connectivity index (χ0n) is 13.6. The SMILES string of the molecule is CCC(CNC(=O)COc1ccccc1OC)c1ccccc1. The number of ether oxygens (including phenoxy) is 2. The highest BCUT2D eigenvalue weighted by molar-refractivity contribution is 5.77. The molecule has 0 heterocycles. The van der Waals surface area contributed by atoms with E-state index in [1.54, 1.807) is 19.2 Å². The molecule has 23 heavy (non-hydrogen) atoms. The number of hydrogen-bond acceptors (Lipinski definition) is 3. The van der Waals surface area contributed by atoms with Crippen LogP contribution >= 0.6 is 0 Å². The number of para-hydroxylation sites is 2. The highest BCUT2D eigenvalue weighted by Crippen LogP contribution is 2.25. The Bertz CT molecular complexity index is 613. The molecule has 0 aliphatic rings. The summed E-state index contributed by atoms with van der Waals surface area (Å²) in [7, 11) is 1.58. The van der Waals surface area contributed by atoms with E-state index in [1.165, 1.54) is 5.56 Å². The maximum atomic E-state index is 12.0. The first-order valence-electron chi connectivity index (χ1n) is 7.82. The van der Waals surface area contributed by atoms with Crippen molar-refractivity contribution in [2.75, 3.05) is 20.3 Å². The van der Waals surface area contributed by atoms with Crippen LogP contribution in [0, 0.1) is 0 Å². The van der Waals surface area contributed by atoms with Gasteiger partial charge in [-0.3, -0.25) is 4.79 Å². The van der Waals surface area contributed by atoms with Gasteiger partial charge < -0.3 is 14.8 Å². The van der Waals surface area contributed by atoms with Crippen LogP contribution in [-0.2, 0) is 4.79 Å². The maximum Gasteiger partial charge on any atom is 0.257 e. The summed E-state index contributed by atoms with van der Waals surface area (Å²) in [5, 5.41) is 2.94. The van der Waals surface area contributed by atoms with E-state index in [0.29, 0.717) is 24.0 Å². The second kappa shape index (κ2) is 8.83. The van der Waals surface area contributed by atoms with Crippen molar-refractivity contribution in [1.82, 2.24) is 5.32 Å². The largest absolute Gasteiger partial charge is 0.493 e. The summed E-state index contributed by atoms with van der Waals surface area (Å²) in [4.78, 5) is 12.0. The van der Waals surface area contributed by atoms with Crippen LogP contribution in [0.4, 0.5) is 0 Å². The Morgan fingerprint density at radius 1 is 1.04 bits per heavy atom. The minimum absolute atomic E-state index is 0.0222. The second-order valence-electron chi connectivity index (χ2n) is 5.26. The number of carbonyl (C=O) groups excluding carboxylic acids is 1. The molecule has 122 valence electrons. The van der Waals surface area contributed by atoms with E-state index in [9.17, 15) is 4.79 Å². The van der Waals surface area contributed by atoms with Gasteiger partial charge in [0.1, 0.15) is 0 Å². The van der Waals surface area contributed by atoms with Gasteiger partial charge in [-0.05, 0) is 24.1 Å². The van der Waals surface area contributed by atoms with Crippen LogP contribution in [0.2, 0.25) is 0 Å². The molecule has 0 saturated carbocycles. The molecule has 0 aromatic heterocycles. The Morgan fingerprint density at radius 3 is 2.35 bits per heavy atom. The first-order chi connectivity index (χ1) is 11.2. The summed E-state index contributed by atoms with van der Waals surface area (Å²) in [6.07, 6.45) is 0.970. The lowest BCUT2D eigenvalue weighted by atomic mass is 9.96. The van der Waals surface area contributed by atoms with Gasteiger partial charge in [0.15, 0.2) is 18.1 Å². The Kier molecular flexibility index (Phi) is 6.48. The van der Waals surface area contributed by atoms with E-state index in [1.807, 2.05) is 30.3 Å². The van der Waals surface area contributed by atoms with Crippen LogP contribution in [0.1, 0.15) is 24.8 Å². The lowest BCUT2D eigenvalue weighted by Gasteiger charge is -2.16. The molecule has 1 N–H and O–H groups in total. The van der Waals surface area contributed by atoms with Crippen molar-refractivity contribution < 1.29 is 14.3 Å². The predicted octanol–water partition coefficient (Wildman–Crippen LogP) is 3.38. The summed E-state index contributed by atoms with van der Waals surface area (Å²) in [6, 6.07) is 17.5. The first-order valence-corrected chi connectivity index (χ1v) is 7.82. The molecule has 2 aromatic rings. The van der Waals surface area contributed by atoms with Crippen molar-refractivity contribution in [3.8, 4) is 11.5 Å². The summed E-state index contributed by atoms with van der Waals surface area (Å²) >= 11 is 0. The van der Waals surface area contributed by atoms with Crippen LogP contribution < -0.4 is 14.8 Å². The van der Waals surface area contributed by atoms with E-state index < -0.39 is 0 Å². The summed E-state index contributed by atoms with van der Waals surface area (Å²) in [5.74, 6) is 1.37. The fraction of sp³-hybridized carbons (Fsp3) is 0.316. The van der Waals surface area contributed by atoms with Gasteiger partial charge in [0, 0.05) is 12.5 Å². The summed E-state index contributed by atoms with van der Waals surface area (Å²) in [5.41, 5.74) is 1.24. The Balaban J connectivity index is 1.83. The molecule has 0 spiro atoms. The topological polar surface area (TPSA) is 47.6 Å². The molecule has 1 amide bonds. The van der Waals surface area contributed by atoms with Crippen molar-refractivity contribution >= 4 is 5.91 Å². The third-order valence-corrected chi connectivity index (χ3v) is 3.74. The molecular formula is C19H23NO3. The van der Waals surface area contributed by atoms with Gasteiger partial charge in [-0.15, -0.1) is 0 Å². The Morgan fingerprint density at radius 2 is 1.70 bits per heavy atom. The highest BCUT2D eigenvalue weighted by Gasteiger charge is 2.11. The molecule has 4 heteroatoms. The molecule has 0 radical (unpaired) electrons. The average molecular weight is 313 g/mol. The van der Waals surface area contributed by atoms with Gasteiger partial charge in [-0.2, -0.15) is 0 Å². The summed E-state index contributed by atoms with van der Waals surface area (Å²) in [6.45, 7) is 2.70. The molecule has 4 nitrogen and oxygen atoms in total. The van der Waals surface area contributed by atoms with E-state index in [4.69, 9.17) is 9.47 Å². The van der Waals surface area contributed by atoms with Gasteiger partial charge in [0.25, 0.3) is 5.91 Å². The van der Waals surface area contributed by atoms with Crippen molar-refractivity contribution in [3.05, 3.63) is 60.2 Å². The van der Waals surface area contributed by atoms with Crippen LogP contribution in [-0.4, -0.2) is 26.2 Å². The third kappa shape index (κ3) is 5.02. The molecule has 2 aromatic carbocycles. The Labute approximate surface area is 137 Å². The fourth-order valence-electron chi connectivity index (χ4n) is 2.39. The molecule has 1 unspecified atom stereocenters. The fourth-order valence-corrected chi connectivity index (χ4v) is 2.39. The van der Waals surface area contributed by atoms with Crippen LogP contribution in [0.5, 0.6) is 11.5 Å². The first kappa shape index (κ1) is 16.9. The van der Waals surface area contributed by atoms with Gasteiger partial charge in [-0.1, -0.05) is 49.4 Å². The lowest BCUT2D eigenvalue weighted by Crippen LogP contribution is -2.32. The molecule has 2 rings (SSSR count). The summed E-state index contributed by atoms with van der Waals surface area (Å²) < 4.78 is 10.7. The van der Waals surface area contributed by atoms with E-state index in [2.05, 4.69) is 24.4 Å². The molecule has 0 aliphatic heterocycles. The molecule has 0 bridgehead atoms. The van der Waals surface area contributed by atoms with Crippen molar-refractivity contribution in [2.24, 2.45) is 0 Å². The Hall–Kier alpha value is -2.49. The van der Waals surface area contributed by atoms with Crippen molar-refractivity contribution in [1.29, 1.82) is 0 Å². The quantitative estimate of drug-likeness (QED) is 0.812. The smallest absolute Gasteiger partial charge is 0.257 e. The molecule has 0 aliphatic carbocycles. The molecule has 0 saturated heterocycles. The molecular weight excluding hydrogens is 290 g/mol. The number of rotatable bonds is 8. The van der Waals surface area contributed by atoms with E-state index in [-0.39, 0.29) is 12.5 Å². The standard InChI is InChI=1S/C19H23NO3/c1-3-15(16-9-5-4-6-10-16)13-20-19(21)14-23-18-12-8-7-11-17(18)22-2/h4-12,15H,3,13-14H2,1-2H3,(H,20,21). The average Bonchev–Trinajstić information content (AvgIpc) is 2.61. The zero-order chi connectivity index (χ0) is 16.5. The highest BCUT2D eigenvalue weighted by atomic mass is 16.5. The van der Waals surface area contributed by atoms with Crippen molar-refractivity contribution in [3.63, 3.8) is 0 Å². The zero-order valence-corrected chi connectivity index (χ0v) is 13.6. The number of benzene rings is 2. The molecule has 0 fully saturated rings.